The highest BCUT2D eigenvalue weighted by Gasteiger charge is 2.04. The van der Waals surface area contributed by atoms with Gasteiger partial charge in [0.05, 0.1) is 12.4 Å². The smallest absolute Gasteiger partial charge is 0.239 e. The molecule has 0 aliphatic carbocycles. The molecule has 0 aliphatic heterocycles. The largest absolute Gasteiger partial charge is 0.368 e. The molecule has 1 amide bonds. The van der Waals surface area contributed by atoms with Gasteiger partial charge in [0.1, 0.15) is 12.2 Å². The molecule has 0 fully saturated rings. The molecule has 0 saturated carbocycles. The highest BCUT2D eigenvalue weighted by atomic mass is 16.8. The molecule has 1 aromatic heterocycles. The standard InChI is InChI=1S/C5H8N4O3/c6-5(10)3-8-2-4(1-7-8)9(11)12/h1-2,11-12H,3H2,(H2,6,10). The van der Waals surface area contributed by atoms with Crippen LogP contribution in [0.25, 0.3) is 0 Å². The molecule has 1 heterocycles. The third-order valence-corrected chi connectivity index (χ3v) is 1.17. The fraction of sp³-hybridized carbons (Fsp3) is 0.200. The summed E-state index contributed by atoms with van der Waals surface area (Å²) in [5.74, 6) is -0.549. The van der Waals surface area contributed by atoms with Gasteiger partial charge in [-0.15, -0.1) is 5.23 Å². The molecule has 0 unspecified atom stereocenters. The zero-order valence-corrected chi connectivity index (χ0v) is 6.08. The van der Waals surface area contributed by atoms with Crippen molar-refractivity contribution in [2.45, 2.75) is 6.54 Å². The Bertz CT molecular complexity index is 282. The predicted molar refractivity (Wildman–Crippen MR) is 37.5 cm³/mol. The Kier molecular flexibility index (Phi) is 2.26. The zero-order valence-electron chi connectivity index (χ0n) is 6.08. The highest BCUT2D eigenvalue weighted by molar-refractivity contribution is 5.73. The molecule has 1 rings (SSSR count). The highest BCUT2D eigenvalue weighted by Crippen LogP contribution is 2.06. The van der Waals surface area contributed by atoms with Crippen molar-refractivity contribution in [1.29, 1.82) is 0 Å². The molecule has 0 atom stereocenters. The summed E-state index contributed by atoms with van der Waals surface area (Å²) in [5.41, 5.74) is 4.94. The fourth-order valence-electron chi connectivity index (χ4n) is 0.702. The van der Waals surface area contributed by atoms with Crippen molar-refractivity contribution in [3.63, 3.8) is 0 Å². The second-order valence-electron chi connectivity index (χ2n) is 2.15. The second kappa shape index (κ2) is 3.20. The van der Waals surface area contributed by atoms with Crippen molar-refractivity contribution in [3.8, 4) is 0 Å². The van der Waals surface area contributed by atoms with Crippen LogP contribution in [0.15, 0.2) is 12.4 Å². The van der Waals surface area contributed by atoms with Crippen molar-refractivity contribution in [3.05, 3.63) is 12.4 Å². The predicted octanol–water partition coefficient (Wildman–Crippen LogP) is -1.05. The first-order valence-electron chi connectivity index (χ1n) is 3.08. The van der Waals surface area contributed by atoms with Gasteiger partial charge in [0.25, 0.3) is 0 Å². The Hall–Kier alpha value is -1.60. The van der Waals surface area contributed by atoms with Crippen LogP contribution in [0.4, 0.5) is 5.69 Å². The second-order valence-corrected chi connectivity index (χ2v) is 2.15. The molecular formula is C5H8N4O3. The van der Waals surface area contributed by atoms with Crippen LogP contribution in [0.1, 0.15) is 0 Å². The Balaban J connectivity index is 2.70. The Morgan fingerprint density at radius 1 is 1.75 bits per heavy atom. The van der Waals surface area contributed by atoms with E-state index in [2.05, 4.69) is 5.10 Å². The molecule has 0 bridgehead atoms. The van der Waals surface area contributed by atoms with Gasteiger partial charge in [-0.2, -0.15) is 5.10 Å². The van der Waals surface area contributed by atoms with Crippen molar-refractivity contribution in [2.24, 2.45) is 5.73 Å². The molecule has 0 saturated heterocycles. The van der Waals surface area contributed by atoms with Gasteiger partial charge in [-0.3, -0.25) is 19.9 Å². The summed E-state index contributed by atoms with van der Waals surface area (Å²) in [6.45, 7) is -0.0894. The molecule has 66 valence electrons. The van der Waals surface area contributed by atoms with Crippen LogP contribution >= 0.6 is 0 Å². The average molecular weight is 172 g/mol. The first-order chi connectivity index (χ1) is 5.59. The molecule has 0 radical (unpaired) electrons. The van der Waals surface area contributed by atoms with Crippen LogP contribution in [-0.2, 0) is 11.3 Å². The molecule has 1 aromatic rings. The first kappa shape index (κ1) is 8.50. The van der Waals surface area contributed by atoms with Gasteiger partial charge in [-0.1, -0.05) is 0 Å². The van der Waals surface area contributed by atoms with E-state index in [0.29, 0.717) is 0 Å². The van der Waals surface area contributed by atoms with E-state index in [1.54, 1.807) is 0 Å². The van der Waals surface area contributed by atoms with Crippen LogP contribution in [-0.4, -0.2) is 26.1 Å². The Morgan fingerprint density at radius 3 is 2.83 bits per heavy atom. The van der Waals surface area contributed by atoms with Crippen molar-refractivity contribution in [1.82, 2.24) is 9.78 Å². The number of rotatable bonds is 3. The van der Waals surface area contributed by atoms with Crippen molar-refractivity contribution < 1.29 is 15.2 Å². The van der Waals surface area contributed by atoms with E-state index in [-0.39, 0.29) is 17.5 Å². The summed E-state index contributed by atoms with van der Waals surface area (Å²) in [6.07, 6.45) is 2.45. The van der Waals surface area contributed by atoms with E-state index in [9.17, 15) is 4.79 Å². The van der Waals surface area contributed by atoms with E-state index in [1.807, 2.05) is 0 Å². The maximum Gasteiger partial charge on any atom is 0.239 e. The van der Waals surface area contributed by atoms with Crippen molar-refractivity contribution in [2.75, 3.05) is 5.23 Å². The number of carbonyl (C=O) groups excluding carboxylic acids is 1. The third-order valence-electron chi connectivity index (χ3n) is 1.17. The number of aromatic nitrogens is 2. The molecule has 7 heteroatoms. The third kappa shape index (κ3) is 1.94. The Morgan fingerprint density at radius 2 is 2.42 bits per heavy atom. The van der Waals surface area contributed by atoms with Crippen LogP contribution in [0.5, 0.6) is 0 Å². The minimum Gasteiger partial charge on any atom is -0.368 e. The summed E-state index contributed by atoms with van der Waals surface area (Å²) in [5, 5.41) is 20.5. The number of carbonyl (C=O) groups is 1. The number of hydrogen-bond acceptors (Lipinski definition) is 5. The topological polar surface area (TPSA) is 105 Å². The van der Waals surface area contributed by atoms with Gasteiger partial charge in [-0.05, 0) is 0 Å². The van der Waals surface area contributed by atoms with Gasteiger partial charge in [0.15, 0.2) is 0 Å². The Labute approximate surface area is 67.5 Å². The number of anilines is 1. The maximum atomic E-state index is 10.4. The molecule has 7 nitrogen and oxygen atoms in total. The van der Waals surface area contributed by atoms with E-state index in [1.165, 1.54) is 17.1 Å². The number of nitrogens with zero attached hydrogens (tertiary/aromatic N) is 3. The van der Waals surface area contributed by atoms with Crippen LogP contribution < -0.4 is 11.0 Å². The van der Waals surface area contributed by atoms with E-state index >= 15 is 0 Å². The van der Waals surface area contributed by atoms with Crippen LogP contribution in [0.2, 0.25) is 0 Å². The number of nitrogens with two attached hydrogens (primary N) is 1. The summed E-state index contributed by atoms with van der Waals surface area (Å²) in [7, 11) is 0. The normalized spacial score (nSPS) is 9.83. The monoisotopic (exact) mass is 172 g/mol. The first-order valence-corrected chi connectivity index (χ1v) is 3.08. The number of amides is 1. The van der Waals surface area contributed by atoms with Gasteiger partial charge >= 0.3 is 0 Å². The number of primary amides is 1. The van der Waals surface area contributed by atoms with Gasteiger partial charge in [-0.25, -0.2) is 0 Å². The minimum absolute atomic E-state index is 0.0660. The lowest BCUT2D eigenvalue weighted by Gasteiger charge is -2.01. The lowest BCUT2D eigenvalue weighted by Crippen LogP contribution is -2.18. The molecular weight excluding hydrogens is 164 g/mol. The maximum absolute atomic E-state index is 10.4. The molecule has 12 heavy (non-hydrogen) atoms. The SMILES string of the molecule is NC(=O)Cn1cc(N(O)O)cn1. The molecule has 0 aliphatic rings. The summed E-state index contributed by atoms with van der Waals surface area (Å²) >= 11 is 0. The van der Waals surface area contributed by atoms with Crippen molar-refractivity contribution >= 4 is 11.6 Å². The zero-order chi connectivity index (χ0) is 9.14. The van der Waals surface area contributed by atoms with E-state index < -0.39 is 5.91 Å². The fourth-order valence-corrected chi connectivity index (χ4v) is 0.702. The van der Waals surface area contributed by atoms with Gasteiger partial charge in [0.2, 0.25) is 5.91 Å². The average Bonchev–Trinajstić information content (AvgIpc) is 2.34. The lowest BCUT2D eigenvalue weighted by molar-refractivity contribution is -0.118. The van der Waals surface area contributed by atoms with Crippen LogP contribution in [0.3, 0.4) is 0 Å². The van der Waals surface area contributed by atoms with Gasteiger partial charge in [0, 0.05) is 0 Å². The van der Waals surface area contributed by atoms with Gasteiger partial charge < -0.3 is 5.73 Å². The lowest BCUT2D eigenvalue weighted by atomic mass is 10.6. The quantitative estimate of drug-likeness (QED) is 0.505. The van der Waals surface area contributed by atoms with E-state index in [0.717, 1.165) is 0 Å². The molecule has 0 aromatic carbocycles. The summed E-state index contributed by atoms with van der Waals surface area (Å²) in [6, 6.07) is 0. The van der Waals surface area contributed by atoms with Crippen LogP contribution in [0, 0.1) is 0 Å². The van der Waals surface area contributed by atoms with E-state index in [4.69, 9.17) is 16.1 Å². The summed E-state index contributed by atoms with van der Waals surface area (Å²) < 4.78 is 1.19. The molecule has 0 spiro atoms. The molecule has 4 N–H and O–H groups in total. The minimum atomic E-state index is -0.549. The number of hydrogen-bond donors (Lipinski definition) is 3. The summed E-state index contributed by atoms with van der Waals surface area (Å²) in [4.78, 5) is 10.4.